The predicted molar refractivity (Wildman–Crippen MR) is 61.8 cm³/mol. The van der Waals surface area contributed by atoms with Gasteiger partial charge in [0.2, 0.25) is 0 Å². The molecule has 1 atom stereocenters. The number of rotatable bonds is 4. The second-order valence-corrected chi connectivity index (χ2v) is 3.94. The van der Waals surface area contributed by atoms with Gasteiger partial charge in [-0.1, -0.05) is 0 Å². The number of carboxylic acid groups (broad SMARTS) is 1. The number of phenolic OH excluding ortho intramolecular Hbond substituents is 1. The largest absolute Gasteiger partial charge is 0.508 e. The quantitative estimate of drug-likeness (QED) is 0.718. The molecule has 1 rings (SSSR count). The molecule has 16 heavy (non-hydrogen) atoms. The maximum Gasteiger partial charge on any atom is 0.321 e. The number of hydrogen-bond donors (Lipinski definition) is 3. The molecule has 4 heteroatoms. The van der Waals surface area contributed by atoms with Crippen LogP contribution in [0.15, 0.2) is 12.1 Å². The molecule has 0 aliphatic heterocycles. The summed E-state index contributed by atoms with van der Waals surface area (Å²) in [5.74, 6) is -0.649. The van der Waals surface area contributed by atoms with Crippen LogP contribution in [-0.2, 0) is 11.2 Å². The van der Waals surface area contributed by atoms with Crippen molar-refractivity contribution < 1.29 is 15.0 Å². The van der Waals surface area contributed by atoms with E-state index in [0.717, 1.165) is 16.7 Å². The number of carboxylic acids is 1. The Balaban J connectivity index is 3.01. The van der Waals surface area contributed by atoms with E-state index in [4.69, 9.17) is 5.11 Å². The maximum absolute atomic E-state index is 10.9. The van der Waals surface area contributed by atoms with E-state index in [2.05, 4.69) is 5.32 Å². The van der Waals surface area contributed by atoms with Crippen molar-refractivity contribution in [2.45, 2.75) is 26.3 Å². The fourth-order valence-corrected chi connectivity index (χ4v) is 1.81. The maximum atomic E-state index is 10.9. The Bertz CT molecular complexity index is 378. The molecule has 0 heterocycles. The van der Waals surface area contributed by atoms with Gasteiger partial charge in [0.1, 0.15) is 11.8 Å². The Morgan fingerprint density at radius 3 is 2.25 bits per heavy atom. The van der Waals surface area contributed by atoms with Gasteiger partial charge in [0, 0.05) is 0 Å². The first kappa shape index (κ1) is 12.5. The van der Waals surface area contributed by atoms with Crippen LogP contribution < -0.4 is 5.32 Å². The van der Waals surface area contributed by atoms with Gasteiger partial charge in [-0.2, -0.15) is 0 Å². The average Bonchev–Trinajstić information content (AvgIpc) is 2.15. The van der Waals surface area contributed by atoms with Crippen molar-refractivity contribution >= 4 is 5.97 Å². The lowest BCUT2D eigenvalue weighted by Crippen LogP contribution is -2.36. The minimum Gasteiger partial charge on any atom is -0.508 e. The number of phenols is 1. The number of benzene rings is 1. The van der Waals surface area contributed by atoms with Gasteiger partial charge in [0.05, 0.1) is 0 Å². The number of aryl methyl sites for hydroxylation is 2. The standard InChI is InChI=1S/C12H17NO3/c1-7-4-9(14)5-8(2)10(7)6-11(13-3)12(15)16/h4-5,11,13-14H,6H2,1-3H3,(H,15,16)/t11-/m0/s1. The molecule has 0 bridgehead atoms. The van der Waals surface area contributed by atoms with Crippen molar-refractivity contribution in [1.82, 2.24) is 5.32 Å². The molecule has 1 aromatic rings. The molecule has 3 N–H and O–H groups in total. The molecule has 1 aromatic carbocycles. The highest BCUT2D eigenvalue weighted by molar-refractivity contribution is 5.74. The summed E-state index contributed by atoms with van der Waals surface area (Å²) in [6.45, 7) is 3.74. The minimum absolute atomic E-state index is 0.218. The summed E-state index contributed by atoms with van der Waals surface area (Å²) in [5, 5.41) is 21.1. The summed E-state index contributed by atoms with van der Waals surface area (Å²) < 4.78 is 0. The van der Waals surface area contributed by atoms with Gasteiger partial charge in [-0.15, -0.1) is 0 Å². The van der Waals surface area contributed by atoms with E-state index < -0.39 is 12.0 Å². The third-order valence-electron chi connectivity index (χ3n) is 2.74. The minimum atomic E-state index is -0.866. The highest BCUT2D eigenvalue weighted by atomic mass is 16.4. The Labute approximate surface area is 94.9 Å². The van der Waals surface area contributed by atoms with Gasteiger partial charge < -0.3 is 15.5 Å². The second-order valence-electron chi connectivity index (χ2n) is 3.94. The number of nitrogens with one attached hydrogen (secondary N) is 1. The molecular formula is C12H17NO3. The number of aliphatic carboxylic acids is 1. The molecule has 88 valence electrons. The Hall–Kier alpha value is -1.55. The van der Waals surface area contributed by atoms with E-state index in [1.54, 1.807) is 19.2 Å². The van der Waals surface area contributed by atoms with Crippen molar-refractivity contribution in [1.29, 1.82) is 0 Å². The lowest BCUT2D eigenvalue weighted by molar-refractivity contribution is -0.139. The Morgan fingerprint density at radius 2 is 1.88 bits per heavy atom. The number of hydrogen-bond acceptors (Lipinski definition) is 3. The van der Waals surface area contributed by atoms with E-state index >= 15 is 0 Å². The normalized spacial score (nSPS) is 12.4. The molecular weight excluding hydrogens is 206 g/mol. The lowest BCUT2D eigenvalue weighted by atomic mass is 9.96. The van der Waals surface area contributed by atoms with Gasteiger partial charge in [0.25, 0.3) is 0 Å². The topological polar surface area (TPSA) is 69.6 Å². The summed E-state index contributed by atoms with van der Waals surface area (Å²) in [6.07, 6.45) is 0.420. The van der Waals surface area contributed by atoms with Crippen LogP contribution in [0.25, 0.3) is 0 Å². The van der Waals surface area contributed by atoms with Crippen LogP contribution in [0.2, 0.25) is 0 Å². The fourth-order valence-electron chi connectivity index (χ4n) is 1.81. The van der Waals surface area contributed by atoms with Crippen LogP contribution in [0, 0.1) is 13.8 Å². The van der Waals surface area contributed by atoms with E-state index in [0.29, 0.717) is 6.42 Å². The van der Waals surface area contributed by atoms with Gasteiger partial charge in [-0.05, 0) is 56.1 Å². The van der Waals surface area contributed by atoms with Crippen LogP contribution in [0.3, 0.4) is 0 Å². The highest BCUT2D eigenvalue weighted by Crippen LogP contribution is 2.21. The van der Waals surface area contributed by atoms with Gasteiger partial charge in [-0.3, -0.25) is 4.79 Å². The first-order chi connectivity index (χ1) is 7.45. The monoisotopic (exact) mass is 223 g/mol. The van der Waals surface area contributed by atoms with Gasteiger partial charge >= 0.3 is 5.97 Å². The molecule has 0 saturated carbocycles. The number of likely N-dealkylation sites (N-methyl/N-ethyl adjacent to an activating group) is 1. The van der Waals surface area contributed by atoms with Crippen LogP contribution in [0.1, 0.15) is 16.7 Å². The summed E-state index contributed by atoms with van der Waals surface area (Å²) in [5.41, 5.74) is 2.80. The first-order valence-corrected chi connectivity index (χ1v) is 5.15. The van der Waals surface area contributed by atoms with Gasteiger partial charge in [-0.25, -0.2) is 0 Å². The molecule has 0 saturated heterocycles. The van der Waals surface area contributed by atoms with Crippen LogP contribution in [0.4, 0.5) is 0 Å². The third kappa shape index (κ3) is 2.73. The number of carbonyl (C=O) groups is 1. The summed E-state index contributed by atoms with van der Waals surface area (Å²) >= 11 is 0. The van der Waals surface area contributed by atoms with Crippen LogP contribution in [-0.4, -0.2) is 29.3 Å². The van der Waals surface area contributed by atoms with Crippen molar-refractivity contribution in [3.05, 3.63) is 28.8 Å². The lowest BCUT2D eigenvalue weighted by Gasteiger charge is -2.15. The molecule has 0 aromatic heterocycles. The van der Waals surface area contributed by atoms with E-state index in [9.17, 15) is 9.90 Å². The highest BCUT2D eigenvalue weighted by Gasteiger charge is 2.17. The van der Waals surface area contributed by atoms with Crippen LogP contribution in [0.5, 0.6) is 5.75 Å². The molecule has 0 fully saturated rings. The van der Waals surface area contributed by atoms with Crippen molar-refractivity contribution in [3.8, 4) is 5.75 Å². The molecule has 0 unspecified atom stereocenters. The molecule has 0 spiro atoms. The first-order valence-electron chi connectivity index (χ1n) is 5.15. The molecule has 4 nitrogen and oxygen atoms in total. The average molecular weight is 223 g/mol. The molecule has 0 amide bonds. The zero-order valence-corrected chi connectivity index (χ0v) is 9.74. The van der Waals surface area contributed by atoms with Gasteiger partial charge in [0.15, 0.2) is 0 Å². The van der Waals surface area contributed by atoms with Crippen molar-refractivity contribution in [2.24, 2.45) is 0 Å². The smallest absolute Gasteiger partial charge is 0.321 e. The number of aromatic hydroxyl groups is 1. The molecule has 0 aliphatic rings. The van der Waals surface area contributed by atoms with E-state index in [-0.39, 0.29) is 5.75 Å². The van der Waals surface area contributed by atoms with Crippen molar-refractivity contribution in [3.63, 3.8) is 0 Å². The van der Waals surface area contributed by atoms with Crippen molar-refractivity contribution in [2.75, 3.05) is 7.05 Å². The van der Waals surface area contributed by atoms with Crippen LogP contribution >= 0.6 is 0 Å². The Morgan fingerprint density at radius 1 is 1.38 bits per heavy atom. The summed E-state index contributed by atoms with van der Waals surface area (Å²) in [6, 6.07) is 2.70. The summed E-state index contributed by atoms with van der Waals surface area (Å²) in [7, 11) is 1.63. The Kier molecular flexibility index (Phi) is 3.90. The molecule has 0 aliphatic carbocycles. The molecule has 0 radical (unpaired) electrons. The zero-order chi connectivity index (χ0) is 12.3. The second kappa shape index (κ2) is 4.99. The zero-order valence-electron chi connectivity index (χ0n) is 9.74. The van der Waals surface area contributed by atoms with E-state index in [1.165, 1.54) is 0 Å². The summed E-state index contributed by atoms with van der Waals surface area (Å²) in [4.78, 5) is 10.9. The SMILES string of the molecule is CN[C@@H](Cc1c(C)cc(O)cc1C)C(=O)O. The fraction of sp³-hybridized carbons (Fsp3) is 0.417. The predicted octanol–water partition coefficient (Wildman–Crippen LogP) is 1.22. The van der Waals surface area contributed by atoms with E-state index in [1.807, 2.05) is 13.8 Å². The third-order valence-corrected chi connectivity index (χ3v) is 2.74.